The van der Waals surface area contributed by atoms with E-state index in [-0.39, 0.29) is 18.1 Å². The van der Waals surface area contributed by atoms with Crippen molar-refractivity contribution in [3.63, 3.8) is 0 Å². The maximum atomic E-state index is 13.2. The number of rotatable bonds is 5. The van der Waals surface area contributed by atoms with Crippen molar-refractivity contribution in [2.24, 2.45) is 7.05 Å². The molecule has 4 aromatic heterocycles. The average molecular weight is 447 g/mol. The fraction of sp³-hybridized carbons (Fsp3) is 0.348. The number of fused-ring (bicyclic) bond motifs is 1. The Labute approximate surface area is 190 Å². The van der Waals surface area contributed by atoms with E-state index < -0.39 is 0 Å². The molecule has 0 atom stereocenters. The number of hydrogen-bond donors (Lipinski definition) is 0. The van der Waals surface area contributed by atoms with E-state index in [4.69, 9.17) is 4.74 Å². The molecule has 33 heavy (non-hydrogen) atoms. The largest absolute Gasteiger partial charge is 0.378 e. The first-order valence-corrected chi connectivity index (χ1v) is 11.0. The van der Waals surface area contributed by atoms with Crippen LogP contribution in [-0.4, -0.2) is 66.0 Å². The predicted molar refractivity (Wildman–Crippen MR) is 122 cm³/mol. The van der Waals surface area contributed by atoms with Crippen molar-refractivity contribution in [3.8, 4) is 16.9 Å². The Morgan fingerprint density at radius 1 is 1.12 bits per heavy atom. The average Bonchev–Trinajstić information content (AvgIpc) is 3.39. The molecular weight excluding hydrogens is 422 g/mol. The van der Waals surface area contributed by atoms with Crippen LogP contribution in [0.1, 0.15) is 12.6 Å². The van der Waals surface area contributed by atoms with E-state index in [0.717, 1.165) is 27.7 Å². The van der Waals surface area contributed by atoms with E-state index in [9.17, 15) is 9.59 Å². The van der Waals surface area contributed by atoms with Gasteiger partial charge >= 0.3 is 5.69 Å². The molecule has 0 bridgehead atoms. The summed E-state index contributed by atoms with van der Waals surface area (Å²) in [4.78, 5) is 36.4. The molecule has 0 aliphatic carbocycles. The summed E-state index contributed by atoms with van der Waals surface area (Å²) in [5.41, 5.74) is 3.27. The SMILES string of the molecule is CCc1cn(CC(=O)N2CCOCC2)c(=O)n1-c1ccc(-c2cncc3c2cnn3C)cn1. The molecule has 1 aliphatic rings. The summed E-state index contributed by atoms with van der Waals surface area (Å²) in [5, 5.41) is 5.30. The van der Waals surface area contributed by atoms with Crippen LogP contribution < -0.4 is 5.69 Å². The van der Waals surface area contributed by atoms with Crippen molar-refractivity contribution in [3.05, 3.63) is 59.3 Å². The van der Waals surface area contributed by atoms with Gasteiger partial charge in [-0.1, -0.05) is 6.92 Å². The van der Waals surface area contributed by atoms with Crippen LogP contribution in [0, 0.1) is 0 Å². The lowest BCUT2D eigenvalue weighted by Crippen LogP contribution is -2.43. The first-order chi connectivity index (χ1) is 16.1. The number of imidazole rings is 1. The van der Waals surface area contributed by atoms with Gasteiger partial charge < -0.3 is 9.64 Å². The quantitative estimate of drug-likeness (QED) is 0.459. The zero-order chi connectivity index (χ0) is 22.9. The highest BCUT2D eigenvalue weighted by atomic mass is 16.5. The van der Waals surface area contributed by atoms with Gasteiger partial charge in [-0.25, -0.2) is 14.3 Å². The van der Waals surface area contributed by atoms with Gasteiger partial charge in [-0.05, 0) is 18.6 Å². The molecule has 10 heteroatoms. The highest BCUT2D eigenvalue weighted by molar-refractivity contribution is 5.93. The molecule has 5 rings (SSSR count). The number of ether oxygens (including phenoxy) is 1. The number of pyridine rings is 2. The second-order valence-electron chi connectivity index (χ2n) is 8.01. The predicted octanol–water partition coefficient (Wildman–Crippen LogP) is 1.40. The minimum atomic E-state index is -0.273. The van der Waals surface area contributed by atoms with Gasteiger partial charge in [-0.2, -0.15) is 5.10 Å². The first kappa shape index (κ1) is 21.1. The first-order valence-electron chi connectivity index (χ1n) is 11.0. The van der Waals surface area contributed by atoms with Gasteiger partial charge in [0.2, 0.25) is 5.91 Å². The fourth-order valence-corrected chi connectivity index (χ4v) is 4.18. The summed E-state index contributed by atoms with van der Waals surface area (Å²) in [5.74, 6) is 0.435. The maximum absolute atomic E-state index is 13.2. The Balaban J connectivity index is 1.45. The second-order valence-corrected chi connectivity index (χ2v) is 8.01. The Hall–Kier alpha value is -3.79. The molecule has 1 amide bonds. The van der Waals surface area contributed by atoms with Crippen molar-refractivity contribution in [2.45, 2.75) is 19.9 Å². The molecule has 0 aromatic carbocycles. The van der Waals surface area contributed by atoms with Gasteiger partial charge in [0.25, 0.3) is 0 Å². The number of aryl methyl sites for hydroxylation is 2. The molecule has 1 fully saturated rings. The maximum Gasteiger partial charge on any atom is 0.334 e. The summed E-state index contributed by atoms with van der Waals surface area (Å²) in [6.45, 7) is 4.14. The highest BCUT2D eigenvalue weighted by Crippen LogP contribution is 2.27. The zero-order valence-electron chi connectivity index (χ0n) is 18.6. The monoisotopic (exact) mass is 447 g/mol. The Bertz CT molecular complexity index is 1360. The lowest BCUT2D eigenvalue weighted by molar-refractivity contribution is -0.135. The molecule has 0 saturated carbocycles. The number of morpholine rings is 1. The number of amides is 1. The number of aromatic nitrogens is 6. The molecular formula is C23H25N7O3. The van der Waals surface area contributed by atoms with Crippen LogP contribution in [0.15, 0.2) is 47.9 Å². The summed E-state index contributed by atoms with van der Waals surface area (Å²) >= 11 is 0. The van der Waals surface area contributed by atoms with Crippen LogP contribution in [0.25, 0.3) is 27.8 Å². The molecule has 4 aromatic rings. The molecule has 0 N–H and O–H groups in total. The minimum Gasteiger partial charge on any atom is -0.378 e. The Kier molecular flexibility index (Phi) is 5.51. The van der Waals surface area contributed by atoms with E-state index in [1.807, 2.05) is 32.3 Å². The lowest BCUT2D eigenvalue weighted by atomic mass is 10.1. The summed E-state index contributed by atoms with van der Waals surface area (Å²) in [6, 6.07) is 3.74. The number of nitrogens with zero attached hydrogens (tertiary/aromatic N) is 7. The van der Waals surface area contributed by atoms with E-state index >= 15 is 0 Å². The molecule has 170 valence electrons. The van der Waals surface area contributed by atoms with E-state index in [1.54, 1.807) is 38.9 Å². The van der Waals surface area contributed by atoms with Crippen LogP contribution in [0.5, 0.6) is 0 Å². The highest BCUT2D eigenvalue weighted by Gasteiger charge is 2.20. The minimum absolute atomic E-state index is 0.00555. The molecule has 0 radical (unpaired) electrons. The topological polar surface area (TPSA) is 100 Å². The van der Waals surface area contributed by atoms with Crippen LogP contribution in [0.4, 0.5) is 0 Å². The van der Waals surface area contributed by atoms with Gasteiger partial charge in [-0.15, -0.1) is 0 Å². The van der Waals surface area contributed by atoms with Crippen molar-refractivity contribution in [2.75, 3.05) is 26.3 Å². The molecule has 0 spiro atoms. The Morgan fingerprint density at radius 3 is 2.67 bits per heavy atom. The lowest BCUT2D eigenvalue weighted by Gasteiger charge is -2.26. The molecule has 10 nitrogen and oxygen atoms in total. The van der Waals surface area contributed by atoms with Crippen molar-refractivity contribution >= 4 is 16.8 Å². The van der Waals surface area contributed by atoms with Gasteiger partial charge in [0.05, 0.1) is 31.1 Å². The zero-order valence-corrected chi connectivity index (χ0v) is 18.6. The van der Waals surface area contributed by atoms with Crippen molar-refractivity contribution < 1.29 is 9.53 Å². The van der Waals surface area contributed by atoms with E-state index in [0.29, 0.717) is 38.5 Å². The van der Waals surface area contributed by atoms with Crippen molar-refractivity contribution in [1.29, 1.82) is 0 Å². The summed E-state index contributed by atoms with van der Waals surface area (Å²) in [6.07, 6.45) is 9.50. The van der Waals surface area contributed by atoms with Gasteiger partial charge in [0.15, 0.2) is 0 Å². The third kappa shape index (κ3) is 3.82. The van der Waals surface area contributed by atoms with E-state index in [1.165, 1.54) is 4.57 Å². The van der Waals surface area contributed by atoms with Gasteiger partial charge in [-0.3, -0.25) is 19.0 Å². The van der Waals surface area contributed by atoms with Crippen molar-refractivity contribution in [1.82, 2.24) is 33.8 Å². The standard InChI is InChI=1S/C23H25N7O3/c1-3-17-14-29(15-22(31)28-6-8-33-9-7-28)23(32)30(17)21-5-4-16(10-25-21)18-11-24-13-20-19(18)12-26-27(20)2/h4-5,10-14H,3,6-9,15H2,1-2H3. The Morgan fingerprint density at radius 2 is 1.94 bits per heavy atom. The number of hydrogen-bond acceptors (Lipinski definition) is 6. The number of carbonyl (C=O) groups is 1. The fourth-order valence-electron chi connectivity index (χ4n) is 4.18. The summed E-state index contributed by atoms with van der Waals surface area (Å²) in [7, 11) is 1.88. The third-order valence-corrected chi connectivity index (χ3v) is 6.02. The van der Waals surface area contributed by atoms with E-state index in [2.05, 4.69) is 15.1 Å². The van der Waals surface area contributed by atoms with Gasteiger partial charge in [0.1, 0.15) is 12.4 Å². The van der Waals surface area contributed by atoms with Crippen LogP contribution in [0.3, 0.4) is 0 Å². The van der Waals surface area contributed by atoms with Gasteiger partial charge in [0, 0.05) is 60.9 Å². The van der Waals surface area contributed by atoms with Crippen LogP contribution in [0.2, 0.25) is 0 Å². The van der Waals surface area contributed by atoms with Crippen LogP contribution >= 0.6 is 0 Å². The normalized spacial score (nSPS) is 14.2. The summed E-state index contributed by atoms with van der Waals surface area (Å²) < 4.78 is 10.1. The van der Waals surface area contributed by atoms with Crippen LogP contribution in [-0.2, 0) is 29.5 Å². The molecule has 1 saturated heterocycles. The smallest absolute Gasteiger partial charge is 0.334 e. The molecule has 0 unspecified atom stereocenters. The molecule has 1 aliphatic heterocycles. The number of carbonyl (C=O) groups excluding carboxylic acids is 1. The third-order valence-electron chi connectivity index (χ3n) is 6.02. The second kappa shape index (κ2) is 8.62. The molecule has 5 heterocycles.